The highest BCUT2D eigenvalue weighted by Crippen LogP contribution is 2.24. The van der Waals surface area contributed by atoms with Crippen LogP contribution < -0.4 is 10.5 Å². The summed E-state index contributed by atoms with van der Waals surface area (Å²) in [5, 5.41) is 4.31. The van der Waals surface area contributed by atoms with Gasteiger partial charge in [-0.05, 0) is 13.8 Å². The van der Waals surface area contributed by atoms with Gasteiger partial charge in [-0.25, -0.2) is 18.1 Å². The molecule has 0 aliphatic carbocycles. The smallest absolute Gasteiger partial charge is 0.252 e. The van der Waals surface area contributed by atoms with Crippen molar-refractivity contribution >= 4 is 26.5 Å². The molecule has 2 aromatic heterocycles. The molecule has 0 bridgehead atoms. The Morgan fingerprint density at radius 2 is 2.16 bits per heavy atom. The quantitative estimate of drug-likeness (QED) is 0.858. The maximum absolute atomic E-state index is 12.1. The molecule has 0 spiro atoms. The fourth-order valence-electron chi connectivity index (χ4n) is 1.61. The minimum Gasteiger partial charge on any atom is -0.375 e. The van der Waals surface area contributed by atoms with Crippen molar-refractivity contribution in [2.45, 2.75) is 24.6 Å². The zero-order valence-corrected chi connectivity index (χ0v) is 12.5. The topological polar surface area (TPSA) is 103 Å². The highest BCUT2D eigenvalue weighted by atomic mass is 32.2. The molecule has 104 valence electrons. The second-order valence-electron chi connectivity index (χ2n) is 4.13. The van der Waals surface area contributed by atoms with Gasteiger partial charge in [0.2, 0.25) is 0 Å². The van der Waals surface area contributed by atoms with Crippen LogP contribution in [0.15, 0.2) is 10.4 Å². The lowest BCUT2D eigenvalue weighted by molar-refractivity contribution is 0.582. The van der Waals surface area contributed by atoms with E-state index in [9.17, 15) is 8.42 Å². The summed E-state index contributed by atoms with van der Waals surface area (Å²) in [5.41, 5.74) is 7.68. The molecule has 0 aliphatic heterocycles. The Hall–Kier alpha value is -1.45. The number of thiazole rings is 1. The van der Waals surface area contributed by atoms with Gasteiger partial charge >= 0.3 is 0 Å². The molecule has 0 fully saturated rings. The van der Waals surface area contributed by atoms with Gasteiger partial charge < -0.3 is 5.73 Å². The van der Waals surface area contributed by atoms with Crippen LogP contribution in [0, 0.1) is 13.8 Å². The van der Waals surface area contributed by atoms with Gasteiger partial charge in [-0.3, -0.25) is 4.68 Å². The van der Waals surface area contributed by atoms with Crippen molar-refractivity contribution in [1.29, 1.82) is 0 Å². The Kier molecular flexibility index (Phi) is 3.61. The van der Waals surface area contributed by atoms with E-state index >= 15 is 0 Å². The summed E-state index contributed by atoms with van der Waals surface area (Å²) in [6, 6.07) is 0. The molecule has 0 aromatic carbocycles. The Morgan fingerprint density at radius 1 is 1.47 bits per heavy atom. The first-order valence-electron chi connectivity index (χ1n) is 5.51. The highest BCUT2D eigenvalue weighted by molar-refractivity contribution is 7.91. The van der Waals surface area contributed by atoms with Gasteiger partial charge in [-0.15, -0.1) is 0 Å². The van der Waals surface area contributed by atoms with E-state index < -0.39 is 10.0 Å². The fraction of sp³-hybridized carbons (Fsp3) is 0.400. The van der Waals surface area contributed by atoms with Crippen LogP contribution in [-0.2, 0) is 23.6 Å². The molecule has 0 atom stereocenters. The summed E-state index contributed by atoms with van der Waals surface area (Å²) in [6.07, 6.45) is 1.64. The van der Waals surface area contributed by atoms with Crippen LogP contribution >= 0.6 is 11.3 Å². The first kappa shape index (κ1) is 14.0. The zero-order chi connectivity index (χ0) is 14.2. The highest BCUT2D eigenvalue weighted by Gasteiger charge is 2.21. The van der Waals surface area contributed by atoms with E-state index in [0.717, 1.165) is 22.6 Å². The van der Waals surface area contributed by atoms with Gasteiger partial charge in [-0.2, -0.15) is 5.10 Å². The molecule has 3 N–H and O–H groups in total. The number of hydrogen-bond donors (Lipinski definition) is 2. The predicted octanol–water partition coefficient (Wildman–Crippen LogP) is 0.554. The maximum Gasteiger partial charge on any atom is 0.252 e. The lowest BCUT2D eigenvalue weighted by Gasteiger charge is -2.05. The summed E-state index contributed by atoms with van der Waals surface area (Å²) >= 11 is 0.961. The molecule has 0 aliphatic rings. The molecule has 0 saturated heterocycles. The average Bonchev–Trinajstić information content (AvgIpc) is 2.82. The normalized spacial score (nSPS) is 11.9. The molecule has 0 amide bonds. The summed E-state index contributed by atoms with van der Waals surface area (Å²) in [5.74, 6) is 0. The lowest BCUT2D eigenvalue weighted by Crippen LogP contribution is -2.23. The molecule has 2 heterocycles. The van der Waals surface area contributed by atoms with Crippen LogP contribution in [0.4, 0.5) is 5.13 Å². The van der Waals surface area contributed by atoms with Crippen LogP contribution in [0.3, 0.4) is 0 Å². The molecule has 7 nitrogen and oxygen atoms in total. The van der Waals surface area contributed by atoms with Gasteiger partial charge in [-0.1, -0.05) is 11.3 Å². The molecular formula is C10H15N5O2S2. The van der Waals surface area contributed by atoms with Gasteiger partial charge in [0.15, 0.2) is 9.34 Å². The SMILES string of the molecule is Cc1nc(N)sc1S(=O)(=O)NCc1cnn(C)c1C. The molecule has 19 heavy (non-hydrogen) atoms. The standard InChI is InChI=1S/C10H15N5O2S2/c1-6-9(18-10(11)14-6)19(16,17)13-5-8-4-12-15(3)7(8)2/h4,13H,5H2,1-3H3,(H2,11,14). The number of nitrogen functional groups attached to an aromatic ring is 1. The third-order valence-electron chi connectivity index (χ3n) is 2.80. The van der Waals surface area contributed by atoms with E-state index in [1.165, 1.54) is 0 Å². The number of hydrogen-bond acceptors (Lipinski definition) is 6. The van der Waals surface area contributed by atoms with E-state index in [0.29, 0.717) is 5.69 Å². The Balaban J connectivity index is 2.19. The Bertz CT molecular complexity index is 702. The molecule has 2 rings (SSSR count). The lowest BCUT2D eigenvalue weighted by atomic mass is 10.3. The number of aryl methyl sites for hydroxylation is 2. The monoisotopic (exact) mass is 301 g/mol. The predicted molar refractivity (Wildman–Crippen MR) is 73.2 cm³/mol. The number of rotatable bonds is 4. The summed E-state index contributed by atoms with van der Waals surface area (Å²) in [7, 11) is -1.78. The maximum atomic E-state index is 12.1. The number of anilines is 1. The fourth-order valence-corrected chi connectivity index (χ4v) is 3.96. The van der Waals surface area contributed by atoms with Crippen molar-refractivity contribution in [2.24, 2.45) is 7.05 Å². The van der Waals surface area contributed by atoms with E-state index in [2.05, 4.69) is 14.8 Å². The number of nitrogens with two attached hydrogens (primary N) is 1. The van der Waals surface area contributed by atoms with Crippen molar-refractivity contribution in [2.75, 3.05) is 5.73 Å². The van der Waals surface area contributed by atoms with Gasteiger partial charge in [0.25, 0.3) is 10.0 Å². The van der Waals surface area contributed by atoms with Crippen LogP contribution in [0.2, 0.25) is 0 Å². The third-order valence-corrected chi connectivity index (χ3v) is 5.80. The van der Waals surface area contributed by atoms with Gasteiger partial charge in [0.05, 0.1) is 11.9 Å². The van der Waals surface area contributed by atoms with Crippen LogP contribution in [0.1, 0.15) is 17.0 Å². The number of sulfonamides is 1. The largest absolute Gasteiger partial charge is 0.375 e. The molecular weight excluding hydrogens is 286 g/mol. The molecule has 9 heteroatoms. The van der Waals surface area contributed by atoms with E-state index in [4.69, 9.17) is 5.73 Å². The molecule has 0 unspecified atom stereocenters. The van der Waals surface area contributed by atoms with Gasteiger partial charge in [0.1, 0.15) is 0 Å². The molecule has 0 saturated carbocycles. The second kappa shape index (κ2) is 4.91. The third kappa shape index (κ3) is 2.77. The van der Waals surface area contributed by atoms with E-state index in [-0.39, 0.29) is 15.9 Å². The van der Waals surface area contributed by atoms with Crippen molar-refractivity contribution in [1.82, 2.24) is 19.5 Å². The minimum absolute atomic E-state index is 0.159. The van der Waals surface area contributed by atoms with Crippen molar-refractivity contribution in [3.63, 3.8) is 0 Å². The average molecular weight is 301 g/mol. The number of nitrogens with one attached hydrogen (secondary N) is 1. The van der Waals surface area contributed by atoms with E-state index in [1.54, 1.807) is 24.9 Å². The van der Waals surface area contributed by atoms with Gasteiger partial charge in [0, 0.05) is 24.8 Å². The molecule has 2 aromatic rings. The minimum atomic E-state index is -3.59. The summed E-state index contributed by atoms with van der Waals surface area (Å²) in [6.45, 7) is 3.70. The summed E-state index contributed by atoms with van der Waals surface area (Å²) in [4.78, 5) is 3.91. The van der Waals surface area contributed by atoms with Crippen LogP contribution in [0.25, 0.3) is 0 Å². The van der Waals surface area contributed by atoms with Crippen LogP contribution in [0.5, 0.6) is 0 Å². The number of aromatic nitrogens is 3. The zero-order valence-electron chi connectivity index (χ0n) is 10.8. The van der Waals surface area contributed by atoms with Crippen molar-refractivity contribution in [3.8, 4) is 0 Å². The van der Waals surface area contributed by atoms with Crippen molar-refractivity contribution in [3.05, 3.63) is 23.1 Å². The summed E-state index contributed by atoms with van der Waals surface area (Å²) < 4.78 is 28.7. The second-order valence-corrected chi connectivity index (χ2v) is 7.12. The Labute approximate surface area is 115 Å². The Morgan fingerprint density at radius 3 is 2.63 bits per heavy atom. The first-order chi connectivity index (χ1) is 8.81. The van der Waals surface area contributed by atoms with Crippen LogP contribution in [-0.4, -0.2) is 23.2 Å². The van der Waals surface area contributed by atoms with Crippen molar-refractivity contribution < 1.29 is 8.42 Å². The van der Waals surface area contributed by atoms with E-state index in [1.807, 2.05) is 6.92 Å². The first-order valence-corrected chi connectivity index (χ1v) is 7.81. The molecule has 0 radical (unpaired) electrons. The number of nitrogens with zero attached hydrogens (tertiary/aromatic N) is 3.